The lowest BCUT2D eigenvalue weighted by Gasteiger charge is -1.92. The molecule has 0 radical (unpaired) electrons. The maximum absolute atomic E-state index is 5.90. The van der Waals surface area contributed by atoms with Gasteiger partial charge in [-0.15, -0.1) is 0 Å². The van der Waals surface area contributed by atoms with E-state index in [1.54, 1.807) is 0 Å². The first-order valence-corrected chi connectivity index (χ1v) is 7.96. The summed E-state index contributed by atoms with van der Waals surface area (Å²) in [4.78, 5) is 9.02. The van der Waals surface area contributed by atoms with Crippen molar-refractivity contribution in [3.63, 3.8) is 0 Å². The van der Waals surface area contributed by atoms with Crippen LogP contribution >= 0.6 is 0 Å². The van der Waals surface area contributed by atoms with Crippen LogP contribution in [0.25, 0.3) is 35.6 Å². The molecule has 0 aliphatic heterocycles. The van der Waals surface area contributed by atoms with Crippen LogP contribution in [0.1, 0.15) is 11.5 Å². The summed E-state index contributed by atoms with van der Waals surface area (Å²) < 4.78 is 11.6. The van der Waals surface area contributed by atoms with E-state index in [-0.39, 0.29) is 0 Å². The fraction of sp³-hybridized carbons (Fsp3) is 0.0476. The zero-order valence-electron chi connectivity index (χ0n) is 13.8. The van der Waals surface area contributed by atoms with E-state index < -0.39 is 0 Å². The predicted octanol–water partition coefficient (Wildman–Crippen LogP) is 3.54. The lowest BCUT2D eigenvalue weighted by molar-refractivity contribution is 0.541. The van der Waals surface area contributed by atoms with Crippen molar-refractivity contribution in [3.8, 4) is 22.9 Å². The van der Waals surface area contributed by atoms with Gasteiger partial charge in [-0.1, -0.05) is 43.0 Å². The van der Waals surface area contributed by atoms with E-state index in [9.17, 15) is 0 Å². The number of aromatic nitrogens is 2. The number of rotatable bonds is 3. The minimum Gasteiger partial charge on any atom is -0.437 e. The molecular formula is C21H16N2O2. The molecule has 0 fully saturated rings. The molecule has 2 aromatic heterocycles. The van der Waals surface area contributed by atoms with Gasteiger partial charge >= 0.3 is 0 Å². The van der Waals surface area contributed by atoms with Gasteiger partial charge < -0.3 is 8.83 Å². The van der Waals surface area contributed by atoms with Crippen LogP contribution < -0.4 is 10.8 Å². The minimum atomic E-state index is 0.496. The van der Waals surface area contributed by atoms with Crippen molar-refractivity contribution in [1.82, 2.24) is 9.97 Å². The molecule has 0 saturated carbocycles. The van der Waals surface area contributed by atoms with Gasteiger partial charge in [0.1, 0.15) is 10.8 Å². The normalized spacial score (nSPS) is 11.8. The summed E-state index contributed by atoms with van der Waals surface area (Å²) in [6.45, 7) is 5.84. The number of benzene rings is 2. The van der Waals surface area contributed by atoms with Gasteiger partial charge in [-0.05, 0) is 31.2 Å². The highest BCUT2D eigenvalue weighted by Crippen LogP contribution is 2.21. The summed E-state index contributed by atoms with van der Waals surface area (Å²) in [5, 5.41) is 0.637. The molecule has 2 aromatic carbocycles. The SMILES string of the molecule is C=c1oc(-c2ccccc2)n/c1=C/c1oc(-c2ccccc2)nc1C. The van der Waals surface area contributed by atoms with Crippen molar-refractivity contribution < 1.29 is 8.83 Å². The van der Waals surface area contributed by atoms with Gasteiger partial charge in [0.05, 0.1) is 5.69 Å². The van der Waals surface area contributed by atoms with E-state index >= 15 is 0 Å². The Hall–Kier alpha value is -3.40. The highest BCUT2D eigenvalue weighted by molar-refractivity contribution is 5.57. The smallest absolute Gasteiger partial charge is 0.227 e. The maximum atomic E-state index is 5.90. The molecule has 2 heterocycles. The van der Waals surface area contributed by atoms with Crippen molar-refractivity contribution in [3.05, 3.63) is 82.9 Å². The molecule has 0 atom stereocenters. The molecule has 0 spiro atoms. The Labute approximate surface area is 144 Å². The Morgan fingerprint density at radius 3 is 1.96 bits per heavy atom. The highest BCUT2D eigenvalue weighted by Gasteiger charge is 2.10. The lowest BCUT2D eigenvalue weighted by atomic mass is 10.2. The zero-order valence-corrected chi connectivity index (χ0v) is 13.8. The number of aryl methyl sites for hydroxylation is 1. The maximum Gasteiger partial charge on any atom is 0.227 e. The number of hydrogen-bond donors (Lipinski definition) is 0. The summed E-state index contributed by atoms with van der Waals surface area (Å²) in [6.07, 6.45) is 1.81. The average Bonchev–Trinajstić information content (AvgIpc) is 3.20. The third-order valence-electron chi connectivity index (χ3n) is 3.87. The predicted molar refractivity (Wildman–Crippen MR) is 97.0 cm³/mol. The second-order valence-corrected chi connectivity index (χ2v) is 5.67. The van der Waals surface area contributed by atoms with E-state index in [4.69, 9.17) is 8.83 Å². The van der Waals surface area contributed by atoms with Crippen molar-refractivity contribution in [2.24, 2.45) is 0 Å². The quantitative estimate of drug-likeness (QED) is 0.577. The summed E-state index contributed by atoms with van der Waals surface area (Å²) in [5.74, 6) is 1.77. The molecule has 0 aliphatic carbocycles. The third-order valence-corrected chi connectivity index (χ3v) is 3.87. The van der Waals surface area contributed by atoms with Crippen LogP contribution in [0.4, 0.5) is 0 Å². The van der Waals surface area contributed by atoms with Crippen molar-refractivity contribution in [2.45, 2.75) is 6.92 Å². The van der Waals surface area contributed by atoms with Crippen molar-refractivity contribution in [2.75, 3.05) is 0 Å². The van der Waals surface area contributed by atoms with Crippen LogP contribution in [0.15, 0.2) is 69.5 Å². The van der Waals surface area contributed by atoms with Gasteiger partial charge in [-0.3, -0.25) is 0 Å². The number of oxazole rings is 2. The van der Waals surface area contributed by atoms with Crippen LogP contribution in [0.2, 0.25) is 0 Å². The van der Waals surface area contributed by atoms with E-state index in [0.717, 1.165) is 16.8 Å². The fourth-order valence-electron chi connectivity index (χ4n) is 2.55. The van der Waals surface area contributed by atoms with Gasteiger partial charge in [0.15, 0.2) is 5.76 Å². The minimum absolute atomic E-state index is 0.496. The first kappa shape index (κ1) is 15.1. The van der Waals surface area contributed by atoms with Crippen LogP contribution in [0.3, 0.4) is 0 Å². The zero-order chi connectivity index (χ0) is 17.2. The van der Waals surface area contributed by atoms with Gasteiger partial charge in [-0.25, -0.2) is 9.97 Å². The second kappa shape index (κ2) is 6.24. The van der Waals surface area contributed by atoms with Crippen molar-refractivity contribution in [1.29, 1.82) is 0 Å². The van der Waals surface area contributed by atoms with Crippen molar-refractivity contribution >= 4 is 12.7 Å². The van der Waals surface area contributed by atoms with Gasteiger partial charge in [0.2, 0.25) is 11.8 Å². The van der Waals surface area contributed by atoms with Gasteiger partial charge in [-0.2, -0.15) is 0 Å². The second-order valence-electron chi connectivity index (χ2n) is 5.67. The van der Waals surface area contributed by atoms with Crippen LogP contribution in [-0.4, -0.2) is 9.97 Å². The standard InChI is InChI=1S/C21H16N2O2/c1-14-19(25-20(22-14)16-9-5-3-6-10-16)13-18-15(2)24-21(23-18)17-11-7-4-8-12-17/h3-13H,2H2,1H3/b18-13+. The fourth-order valence-corrected chi connectivity index (χ4v) is 2.55. The molecule has 0 saturated heterocycles. The van der Waals surface area contributed by atoms with E-state index in [1.807, 2.05) is 73.7 Å². The van der Waals surface area contributed by atoms with Crippen LogP contribution in [-0.2, 0) is 0 Å². The monoisotopic (exact) mass is 328 g/mol. The largest absolute Gasteiger partial charge is 0.437 e. The Morgan fingerprint density at radius 2 is 1.36 bits per heavy atom. The molecule has 0 N–H and O–H groups in total. The molecule has 4 rings (SSSR count). The molecule has 0 unspecified atom stereocenters. The molecular weight excluding hydrogens is 312 g/mol. The van der Waals surface area contributed by atoms with Crippen LogP contribution in [0, 0.1) is 6.92 Å². The molecule has 122 valence electrons. The number of nitrogens with zero attached hydrogens (tertiary/aromatic N) is 2. The molecule has 4 heteroatoms. The molecule has 4 nitrogen and oxygen atoms in total. The molecule has 0 amide bonds. The Morgan fingerprint density at radius 1 is 0.800 bits per heavy atom. The molecule has 4 aromatic rings. The van der Waals surface area contributed by atoms with Gasteiger partial charge in [0, 0.05) is 17.2 Å². The first-order chi connectivity index (χ1) is 12.2. The van der Waals surface area contributed by atoms with E-state index in [1.165, 1.54) is 0 Å². The third kappa shape index (κ3) is 3.02. The molecule has 25 heavy (non-hydrogen) atoms. The topological polar surface area (TPSA) is 52.1 Å². The summed E-state index contributed by atoms with van der Waals surface area (Å²) in [7, 11) is 0. The Kier molecular flexibility index (Phi) is 3.78. The number of hydrogen-bond acceptors (Lipinski definition) is 4. The van der Waals surface area contributed by atoms with E-state index in [0.29, 0.717) is 28.3 Å². The molecule has 0 aliphatic rings. The average molecular weight is 328 g/mol. The first-order valence-electron chi connectivity index (χ1n) is 7.96. The summed E-state index contributed by atoms with van der Waals surface area (Å²) >= 11 is 0. The summed E-state index contributed by atoms with van der Waals surface area (Å²) in [6, 6.07) is 19.5. The molecule has 0 bridgehead atoms. The Bertz CT molecular complexity index is 1110. The highest BCUT2D eigenvalue weighted by atomic mass is 16.4. The van der Waals surface area contributed by atoms with E-state index in [2.05, 4.69) is 16.5 Å². The summed E-state index contributed by atoms with van der Waals surface area (Å²) in [5.41, 5.74) is 3.13. The Balaban J connectivity index is 1.76. The lowest BCUT2D eigenvalue weighted by Crippen LogP contribution is -2.20. The van der Waals surface area contributed by atoms with Crippen LogP contribution in [0.5, 0.6) is 0 Å². The van der Waals surface area contributed by atoms with Gasteiger partial charge in [0.25, 0.3) is 0 Å².